The maximum atomic E-state index is 11.6. The molecule has 2 aromatic rings. The Labute approximate surface area is 200 Å². The molecule has 1 aliphatic heterocycles. The standard InChI is InChI=1S/C25H31N3O4S/c1-7-30-22(29)14-31-18-8-9-21-19(12-18)20(13-25(5,6)32-21)27-28-24(33)26-23-16(3)10-15(2)11-17(23)4/h8-13,27H,7,14H2,1-6H3,(H2,26,28,33). The summed E-state index contributed by atoms with van der Waals surface area (Å²) in [5.41, 5.74) is 11.7. The molecule has 0 fully saturated rings. The van der Waals surface area contributed by atoms with Gasteiger partial charge in [-0.05, 0) is 89.2 Å². The van der Waals surface area contributed by atoms with E-state index in [4.69, 9.17) is 26.4 Å². The van der Waals surface area contributed by atoms with Crippen LogP contribution < -0.4 is 25.6 Å². The van der Waals surface area contributed by atoms with Crippen LogP contribution in [0.3, 0.4) is 0 Å². The molecule has 0 saturated heterocycles. The zero-order chi connectivity index (χ0) is 24.2. The lowest BCUT2D eigenvalue weighted by molar-refractivity contribution is -0.145. The third-order valence-electron chi connectivity index (χ3n) is 4.99. The molecule has 1 aliphatic rings. The van der Waals surface area contributed by atoms with Gasteiger partial charge in [-0.15, -0.1) is 0 Å². The molecule has 176 valence electrons. The SMILES string of the molecule is CCOC(=O)COc1ccc2c(c1)C(NNC(=S)Nc1c(C)cc(C)cc1C)=CC(C)(C)O2. The van der Waals surface area contributed by atoms with Gasteiger partial charge in [0.25, 0.3) is 0 Å². The first-order valence-corrected chi connectivity index (χ1v) is 11.2. The Morgan fingerprint density at radius 2 is 1.82 bits per heavy atom. The normalized spacial score (nSPS) is 13.7. The second kappa shape index (κ2) is 10.1. The number of hydrogen-bond acceptors (Lipinski definition) is 6. The van der Waals surface area contributed by atoms with E-state index in [0.29, 0.717) is 23.2 Å². The fourth-order valence-electron chi connectivity index (χ4n) is 3.73. The molecule has 7 nitrogen and oxygen atoms in total. The van der Waals surface area contributed by atoms with Crippen LogP contribution in [0.4, 0.5) is 5.69 Å². The monoisotopic (exact) mass is 469 g/mol. The number of benzene rings is 2. The average Bonchev–Trinajstić information content (AvgIpc) is 2.72. The van der Waals surface area contributed by atoms with Gasteiger partial charge < -0.3 is 19.5 Å². The quantitative estimate of drug-likeness (QED) is 0.309. The highest BCUT2D eigenvalue weighted by Crippen LogP contribution is 2.36. The minimum absolute atomic E-state index is 0.160. The van der Waals surface area contributed by atoms with Crippen LogP contribution in [0.25, 0.3) is 5.70 Å². The van der Waals surface area contributed by atoms with Crippen molar-refractivity contribution < 1.29 is 19.0 Å². The smallest absolute Gasteiger partial charge is 0.344 e. The van der Waals surface area contributed by atoms with Gasteiger partial charge in [0.15, 0.2) is 11.7 Å². The van der Waals surface area contributed by atoms with Crippen molar-refractivity contribution in [3.63, 3.8) is 0 Å². The Kier molecular flexibility index (Phi) is 7.48. The molecule has 8 heteroatoms. The minimum atomic E-state index is -0.524. The molecule has 0 aromatic heterocycles. The number of rotatable bonds is 7. The summed E-state index contributed by atoms with van der Waals surface area (Å²) in [7, 11) is 0. The Morgan fingerprint density at radius 1 is 1.12 bits per heavy atom. The summed E-state index contributed by atoms with van der Waals surface area (Å²) < 4.78 is 16.6. The van der Waals surface area contributed by atoms with Crippen molar-refractivity contribution in [2.45, 2.75) is 47.1 Å². The van der Waals surface area contributed by atoms with Crippen LogP contribution in [-0.2, 0) is 9.53 Å². The molecule has 1 heterocycles. The summed E-state index contributed by atoms with van der Waals surface area (Å²) in [5, 5.41) is 3.71. The first-order chi connectivity index (χ1) is 15.6. The summed E-state index contributed by atoms with van der Waals surface area (Å²) >= 11 is 5.51. The van der Waals surface area contributed by atoms with E-state index in [0.717, 1.165) is 28.1 Å². The molecule has 3 N–H and O–H groups in total. The lowest BCUT2D eigenvalue weighted by Crippen LogP contribution is -2.41. The number of carbonyl (C=O) groups is 1. The lowest BCUT2D eigenvalue weighted by atomic mass is 9.99. The van der Waals surface area contributed by atoms with Crippen LogP contribution in [0.1, 0.15) is 43.0 Å². The number of ether oxygens (including phenoxy) is 3. The molecule has 0 saturated carbocycles. The van der Waals surface area contributed by atoms with Gasteiger partial charge >= 0.3 is 5.97 Å². The molecular formula is C25H31N3O4S. The molecule has 0 aliphatic carbocycles. The number of hydrogen-bond donors (Lipinski definition) is 3. The molecule has 0 unspecified atom stereocenters. The molecule has 3 rings (SSSR count). The predicted molar refractivity (Wildman–Crippen MR) is 134 cm³/mol. The van der Waals surface area contributed by atoms with E-state index < -0.39 is 11.6 Å². The van der Waals surface area contributed by atoms with E-state index in [1.165, 1.54) is 5.56 Å². The van der Waals surface area contributed by atoms with E-state index in [9.17, 15) is 4.79 Å². The lowest BCUT2D eigenvalue weighted by Gasteiger charge is -2.32. The number of thiocarbonyl (C=S) groups is 1. The van der Waals surface area contributed by atoms with Crippen molar-refractivity contribution in [2.24, 2.45) is 0 Å². The van der Waals surface area contributed by atoms with Crippen LogP contribution >= 0.6 is 12.2 Å². The van der Waals surface area contributed by atoms with E-state index >= 15 is 0 Å². The molecule has 2 aromatic carbocycles. The molecule has 0 spiro atoms. The summed E-state index contributed by atoms with van der Waals surface area (Å²) in [5.74, 6) is 0.810. The van der Waals surface area contributed by atoms with E-state index in [2.05, 4.69) is 49.1 Å². The molecule has 0 amide bonds. The van der Waals surface area contributed by atoms with Gasteiger partial charge in [0.05, 0.1) is 12.3 Å². The largest absolute Gasteiger partial charge is 0.483 e. The third kappa shape index (κ3) is 6.38. The van der Waals surface area contributed by atoms with E-state index in [1.54, 1.807) is 13.0 Å². The van der Waals surface area contributed by atoms with Gasteiger partial charge in [0, 0.05) is 11.3 Å². The Hall–Kier alpha value is -3.26. The van der Waals surface area contributed by atoms with Crippen molar-refractivity contribution in [3.8, 4) is 11.5 Å². The highest BCUT2D eigenvalue weighted by molar-refractivity contribution is 7.80. The number of aryl methyl sites for hydroxylation is 3. The summed E-state index contributed by atoms with van der Waals surface area (Å²) in [6.07, 6.45) is 1.96. The number of nitrogens with one attached hydrogen (secondary N) is 3. The van der Waals surface area contributed by atoms with Crippen LogP contribution in [-0.4, -0.2) is 29.9 Å². The maximum Gasteiger partial charge on any atom is 0.344 e. The molecule has 0 radical (unpaired) electrons. The first kappa shape index (κ1) is 24.4. The van der Waals surface area contributed by atoms with Gasteiger partial charge in [-0.25, -0.2) is 4.79 Å². The second-order valence-corrected chi connectivity index (χ2v) is 8.90. The zero-order valence-corrected chi connectivity index (χ0v) is 20.7. The van der Waals surface area contributed by atoms with Gasteiger partial charge in [0.1, 0.15) is 17.1 Å². The van der Waals surface area contributed by atoms with Gasteiger partial charge in [0.2, 0.25) is 0 Å². The Morgan fingerprint density at radius 3 is 2.48 bits per heavy atom. The number of anilines is 1. The van der Waals surface area contributed by atoms with E-state index in [1.807, 2.05) is 32.1 Å². The van der Waals surface area contributed by atoms with Crippen LogP contribution in [0.5, 0.6) is 11.5 Å². The van der Waals surface area contributed by atoms with Crippen molar-refractivity contribution in [1.82, 2.24) is 10.9 Å². The molecule has 0 bridgehead atoms. The van der Waals surface area contributed by atoms with Crippen molar-refractivity contribution in [3.05, 3.63) is 58.7 Å². The number of esters is 1. The minimum Gasteiger partial charge on any atom is -0.483 e. The number of fused-ring (bicyclic) bond motifs is 1. The highest BCUT2D eigenvalue weighted by Gasteiger charge is 2.27. The Balaban J connectivity index is 1.73. The van der Waals surface area contributed by atoms with E-state index in [-0.39, 0.29) is 6.61 Å². The number of carbonyl (C=O) groups excluding carboxylic acids is 1. The van der Waals surface area contributed by atoms with Crippen LogP contribution in [0, 0.1) is 20.8 Å². The third-order valence-corrected chi connectivity index (χ3v) is 5.20. The number of hydrazine groups is 1. The van der Waals surface area contributed by atoms with Crippen molar-refractivity contribution in [1.29, 1.82) is 0 Å². The van der Waals surface area contributed by atoms with Crippen molar-refractivity contribution >= 4 is 34.7 Å². The maximum absolute atomic E-state index is 11.6. The summed E-state index contributed by atoms with van der Waals surface area (Å²) in [6, 6.07) is 9.63. The van der Waals surface area contributed by atoms with Gasteiger partial charge in [-0.3, -0.25) is 10.9 Å². The fraction of sp³-hybridized carbons (Fsp3) is 0.360. The molecular weight excluding hydrogens is 438 g/mol. The van der Waals surface area contributed by atoms with Crippen LogP contribution in [0.2, 0.25) is 0 Å². The summed E-state index contributed by atoms with van der Waals surface area (Å²) in [6.45, 7) is 12.0. The Bertz CT molecular complexity index is 1070. The predicted octanol–water partition coefficient (Wildman–Crippen LogP) is 4.56. The average molecular weight is 470 g/mol. The first-order valence-electron chi connectivity index (χ1n) is 10.8. The summed E-state index contributed by atoms with van der Waals surface area (Å²) in [4.78, 5) is 11.6. The topological polar surface area (TPSA) is 80.9 Å². The highest BCUT2D eigenvalue weighted by atomic mass is 32.1. The van der Waals surface area contributed by atoms with Gasteiger partial charge in [-0.2, -0.15) is 0 Å². The molecule has 33 heavy (non-hydrogen) atoms. The molecule has 0 atom stereocenters. The van der Waals surface area contributed by atoms with Gasteiger partial charge in [-0.1, -0.05) is 17.7 Å². The zero-order valence-electron chi connectivity index (χ0n) is 19.9. The fourth-order valence-corrected chi connectivity index (χ4v) is 3.88. The second-order valence-electron chi connectivity index (χ2n) is 8.49. The van der Waals surface area contributed by atoms with Crippen LogP contribution in [0.15, 0.2) is 36.4 Å². The van der Waals surface area contributed by atoms with Crippen molar-refractivity contribution in [2.75, 3.05) is 18.5 Å².